The van der Waals surface area contributed by atoms with E-state index in [2.05, 4.69) is 4.72 Å². The fraction of sp³-hybridized carbons (Fsp3) is 0.286. The molecule has 0 fully saturated rings. The van der Waals surface area contributed by atoms with Gasteiger partial charge in [-0.25, -0.2) is 13.1 Å². The van der Waals surface area contributed by atoms with Crippen LogP contribution in [-0.2, 0) is 23.2 Å². The summed E-state index contributed by atoms with van der Waals surface area (Å²) >= 11 is 1.26. The third kappa shape index (κ3) is 3.09. The first-order chi connectivity index (χ1) is 9.45. The largest absolute Gasteiger partial charge is 0.391 e. The molecular weight excluding hydrogens is 294 g/mol. The zero-order valence-electron chi connectivity index (χ0n) is 11.4. The fourth-order valence-corrected chi connectivity index (χ4v) is 4.68. The van der Waals surface area contributed by atoms with E-state index in [1.165, 1.54) is 11.3 Å². The third-order valence-corrected chi connectivity index (χ3v) is 5.96. The number of aliphatic hydroxyl groups is 1. The molecule has 0 spiro atoms. The van der Waals surface area contributed by atoms with E-state index in [0.717, 1.165) is 11.1 Å². The Hall–Kier alpha value is -1.21. The van der Waals surface area contributed by atoms with Crippen LogP contribution in [0.4, 0.5) is 0 Å². The Morgan fingerprint density at radius 2 is 1.90 bits per heavy atom. The van der Waals surface area contributed by atoms with Crippen LogP contribution in [0.15, 0.2) is 34.5 Å². The maximum Gasteiger partial charge on any atom is 0.242 e. The number of hydrogen-bond acceptors (Lipinski definition) is 4. The van der Waals surface area contributed by atoms with E-state index in [-0.39, 0.29) is 18.0 Å². The Bertz CT molecular complexity index is 705. The molecule has 2 aromatic rings. The minimum absolute atomic E-state index is 0.207. The predicted molar refractivity (Wildman–Crippen MR) is 80.2 cm³/mol. The molecule has 0 aliphatic carbocycles. The molecule has 108 valence electrons. The molecule has 6 heteroatoms. The Morgan fingerprint density at radius 1 is 1.20 bits per heavy atom. The molecule has 4 nitrogen and oxygen atoms in total. The first-order valence-corrected chi connectivity index (χ1v) is 8.54. The summed E-state index contributed by atoms with van der Waals surface area (Å²) in [5, 5.41) is 11.0. The van der Waals surface area contributed by atoms with Crippen molar-refractivity contribution in [3.8, 4) is 0 Å². The molecule has 20 heavy (non-hydrogen) atoms. The zero-order valence-corrected chi connectivity index (χ0v) is 13.0. The van der Waals surface area contributed by atoms with Crippen LogP contribution in [0.5, 0.6) is 0 Å². The lowest BCUT2D eigenvalue weighted by molar-refractivity contribution is 0.282. The van der Waals surface area contributed by atoms with Crippen LogP contribution in [0.1, 0.15) is 21.6 Å². The number of aryl methyl sites for hydroxylation is 2. The maximum atomic E-state index is 12.4. The molecule has 2 rings (SSSR count). The van der Waals surface area contributed by atoms with E-state index in [1.54, 1.807) is 12.3 Å². The highest BCUT2D eigenvalue weighted by molar-refractivity contribution is 7.89. The molecule has 0 aliphatic rings. The second kappa shape index (κ2) is 6.05. The van der Waals surface area contributed by atoms with Crippen LogP contribution in [0.25, 0.3) is 0 Å². The zero-order chi connectivity index (χ0) is 14.8. The molecular formula is C14H17NO3S2. The molecule has 0 amide bonds. The lowest BCUT2D eigenvalue weighted by Gasteiger charge is -2.10. The second-order valence-electron chi connectivity index (χ2n) is 4.58. The van der Waals surface area contributed by atoms with Gasteiger partial charge in [0.15, 0.2) is 0 Å². The van der Waals surface area contributed by atoms with Gasteiger partial charge in [0.25, 0.3) is 0 Å². The van der Waals surface area contributed by atoms with Crippen molar-refractivity contribution >= 4 is 21.4 Å². The number of aliphatic hydroxyl groups excluding tert-OH is 1. The molecule has 1 aromatic heterocycles. The smallest absolute Gasteiger partial charge is 0.242 e. The minimum atomic E-state index is -3.60. The van der Waals surface area contributed by atoms with Crippen LogP contribution in [0, 0.1) is 13.8 Å². The maximum absolute atomic E-state index is 12.4. The van der Waals surface area contributed by atoms with Gasteiger partial charge in [-0.1, -0.05) is 24.3 Å². The summed E-state index contributed by atoms with van der Waals surface area (Å²) in [5.41, 5.74) is 2.64. The van der Waals surface area contributed by atoms with Gasteiger partial charge in [-0.2, -0.15) is 0 Å². The van der Waals surface area contributed by atoms with Crippen molar-refractivity contribution in [3.63, 3.8) is 0 Å². The van der Waals surface area contributed by atoms with Gasteiger partial charge in [0.2, 0.25) is 10.0 Å². The van der Waals surface area contributed by atoms with Crippen molar-refractivity contribution in [2.75, 3.05) is 0 Å². The molecule has 0 atom stereocenters. The SMILES string of the molecule is Cc1ccccc1CNS(=O)(=O)c1c(C)csc1CO. The lowest BCUT2D eigenvalue weighted by Crippen LogP contribution is -2.24. The number of benzene rings is 1. The summed E-state index contributed by atoms with van der Waals surface area (Å²) in [6.07, 6.45) is 0. The third-order valence-electron chi connectivity index (χ3n) is 3.12. The first-order valence-electron chi connectivity index (χ1n) is 6.17. The van der Waals surface area contributed by atoms with Crippen molar-refractivity contribution < 1.29 is 13.5 Å². The normalized spacial score (nSPS) is 11.8. The van der Waals surface area contributed by atoms with Crippen LogP contribution in [0.3, 0.4) is 0 Å². The highest BCUT2D eigenvalue weighted by atomic mass is 32.2. The topological polar surface area (TPSA) is 66.4 Å². The van der Waals surface area contributed by atoms with Gasteiger partial charge in [-0.05, 0) is 35.9 Å². The Kier molecular flexibility index (Phi) is 4.59. The molecule has 0 radical (unpaired) electrons. The van der Waals surface area contributed by atoms with Crippen LogP contribution >= 0.6 is 11.3 Å². The molecule has 2 N–H and O–H groups in total. The summed E-state index contributed by atoms with van der Waals surface area (Å²) in [4.78, 5) is 0.679. The van der Waals surface area contributed by atoms with Gasteiger partial charge in [-0.3, -0.25) is 0 Å². The number of thiophene rings is 1. The predicted octanol–water partition coefficient (Wildman–Crippen LogP) is 2.34. The van der Waals surface area contributed by atoms with E-state index in [0.29, 0.717) is 10.4 Å². The van der Waals surface area contributed by atoms with E-state index >= 15 is 0 Å². The van der Waals surface area contributed by atoms with Crippen molar-refractivity contribution in [3.05, 3.63) is 51.2 Å². The fourth-order valence-electron chi connectivity index (χ4n) is 2.01. The number of sulfonamides is 1. The van der Waals surface area contributed by atoms with Crippen LogP contribution in [-0.4, -0.2) is 13.5 Å². The van der Waals surface area contributed by atoms with Gasteiger partial charge in [0.1, 0.15) is 4.90 Å². The van der Waals surface area contributed by atoms with Gasteiger partial charge in [0.05, 0.1) is 11.5 Å². The Balaban J connectivity index is 2.24. The van der Waals surface area contributed by atoms with Gasteiger partial charge in [0, 0.05) is 6.54 Å². The summed E-state index contributed by atoms with van der Waals surface area (Å²) < 4.78 is 27.3. The van der Waals surface area contributed by atoms with E-state index in [9.17, 15) is 13.5 Å². The minimum Gasteiger partial charge on any atom is -0.391 e. The second-order valence-corrected chi connectivity index (χ2v) is 7.25. The molecule has 0 bridgehead atoms. The van der Waals surface area contributed by atoms with Crippen molar-refractivity contribution in [1.29, 1.82) is 0 Å². The Labute approximate surface area is 123 Å². The number of hydrogen-bond donors (Lipinski definition) is 2. The summed E-state index contributed by atoms with van der Waals surface area (Å²) in [6.45, 7) is 3.66. The highest BCUT2D eigenvalue weighted by Gasteiger charge is 2.22. The number of rotatable bonds is 5. The van der Waals surface area contributed by atoms with Crippen molar-refractivity contribution in [2.24, 2.45) is 0 Å². The van der Waals surface area contributed by atoms with Crippen molar-refractivity contribution in [1.82, 2.24) is 4.72 Å². The molecule has 0 aliphatic heterocycles. The molecule has 0 saturated heterocycles. The van der Waals surface area contributed by atoms with Gasteiger partial charge in [-0.15, -0.1) is 11.3 Å². The lowest BCUT2D eigenvalue weighted by atomic mass is 10.1. The summed E-state index contributed by atoms with van der Waals surface area (Å²) in [5.74, 6) is 0. The summed E-state index contributed by atoms with van der Waals surface area (Å²) in [6, 6.07) is 7.63. The van der Waals surface area contributed by atoms with E-state index in [1.807, 2.05) is 31.2 Å². The summed E-state index contributed by atoms with van der Waals surface area (Å²) in [7, 11) is -3.60. The molecule has 0 saturated carbocycles. The van der Waals surface area contributed by atoms with E-state index in [4.69, 9.17) is 0 Å². The first kappa shape index (κ1) is 15.2. The molecule has 1 heterocycles. The monoisotopic (exact) mass is 311 g/mol. The molecule has 0 unspecified atom stereocenters. The van der Waals surface area contributed by atoms with Crippen molar-refractivity contribution in [2.45, 2.75) is 31.9 Å². The Morgan fingerprint density at radius 3 is 2.55 bits per heavy atom. The molecule has 1 aromatic carbocycles. The highest BCUT2D eigenvalue weighted by Crippen LogP contribution is 2.26. The van der Waals surface area contributed by atoms with E-state index < -0.39 is 10.0 Å². The van der Waals surface area contributed by atoms with Gasteiger partial charge < -0.3 is 5.11 Å². The standard InChI is InChI=1S/C14H17NO3S2/c1-10-5-3-4-6-12(10)7-15-20(17,18)14-11(2)9-19-13(14)8-16/h3-6,9,15-16H,7-8H2,1-2H3. The van der Waals surface area contributed by atoms with Gasteiger partial charge >= 0.3 is 0 Å². The number of nitrogens with one attached hydrogen (secondary N) is 1. The van der Waals surface area contributed by atoms with Crippen LogP contribution < -0.4 is 4.72 Å². The average molecular weight is 311 g/mol. The van der Waals surface area contributed by atoms with Crippen LogP contribution in [0.2, 0.25) is 0 Å². The average Bonchev–Trinajstić information content (AvgIpc) is 2.80. The quantitative estimate of drug-likeness (QED) is 0.890.